The van der Waals surface area contributed by atoms with Gasteiger partial charge in [-0.15, -0.1) is 11.3 Å². The number of oxazole rings is 1. The molecule has 0 saturated heterocycles. The number of rotatable bonds is 6. The van der Waals surface area contributed by atoms with Crippen LogP contribution in [0.15, 0.2) is 28.7 Å². The summed E-state index contributed by atoms with van der Waals surface area (Å²) in [5, 5.41) is 3.91. The highest BCUT2D eigenvalue weighted by molar-refractivity contribution is 7.19. The summed E-state index contributed by atoms with van der Waals surface area (Å²) < 4.78 is 13.4. The average Bonchev–Trinajstić information content (AvgIpc) is 3.46. The second kappa shape index (κ2) is 9.34. The normalized spacial score (nSPS) is 13.1. The van der Waals surface area contributed by atoms with Crippen LogP contribution in [-0.4, -0.2) is 28.0 Å². The van der Waals surface area contributed by atoms with Crippen LogP contribution in [0, 0.1) is 13.8 Å². The van der Waals surface area contributed by atoms with Gasteiger partial charge in [-0.2, -0.15) is 0 Å². The van der Waals surface area contributed by atoms with Crippen LogP contribution in [0.1, 0.15) is 64.6 Å². The molecule has 0 bridgehead atoms. The van der Waals surface area contributed by atoms with E-state index in [-0.39, 0.29) is 12.5 Å². The summed E-state index contributed by atoms with van der Waals surface area (Å²) in [6.07, 6.45) is 4.21. The molecule has 0 unspecified atom stereocenters. The maximum Gasteiger partial charge on any atom is 0.357 e. The van der Waals surface area contributed by atoms with Crippen molar-refractivity contribution in [3.8, 4) is 11.5 Å². The molecule has 182 valence electrons. The fourth-order valence-electron chi connectivity index (χ4n) is 4.76. The van der Waals surface area contributed by atoms with Gasteiger partial charge >= 0.3 is 5.97 Å². The highest BCUT2D eigenvalue weighted by Crippen LogP contribution is 2.44. The van der Waals surface area contributed by atoms with Gasteiger partial charge in [-0.3, -0.25) is 4.79 Å². The molecule has 4 aromatic rings. The smallest absolute Gasteiger partial charge is 0.357 e. The van der Waals surface area contributed by atoms with Gasteiger partial charge in [0.1, 0.15) is 16.3 Å². The molecule has 8 heteroatoms. The molecule has 0 spiro atoms. The number of carbonyl (C=O) groups excluding carboxylic acids is 2. The molecule has 3 heterocycles. The number of amides is 1. The van der Waals surface area contributed by atoms with E-state index in [4.69, 9.17) is 14.1 Å². The Labute approximate surface area is 208 Å². The zero-order valence-corrected chi connectivity index (χ0v) is 21.3. The fraction of sp³-hybridized carbons (Fsp3) is 0.370. The minimum Gasteiger partial charge on any atom is -0.461 e. The molecule has 1 amide bonds. The van der Waals surface area contributed by atoms with Crippen molar-refractivity contribution in [1.82, 2.24) is 9.55 Å². The summed E-state index contributed by atoms with van der Waals surface area (Å²) >= 11 is 1.70. The first-order chi connectivity index (χ1) is 16.9. The Kier molecular flexibility index (Phi) is 6.23. The van der Waals surface area contributed by atoms with Crippen molar-refractivity contribution >= 4 is 39.1 Å². The number of aromatic nitrogens is 2. The number of nitrogens with one attached hydrogen (secondary N) is 1. The number of hydrogen-bond donors (Lipinski definition) is 1. The molecule has 1 N–H and O–H groups in total. The number of anilines is 1. The Balaban J connectivity index is 1.67. The number of hydrogen-bond acceptors (Lipinski definition) is 6. The summed E-state index contributed by atoms with van der Waals surface area (Å²) in [5.41, 5.74) is 4.95. The van der Waals surface area contributed by atoms with Gasteiger partial charge in [-0.05, 0) is 64.2 Å². The quantitative estimate of drug-likeness (QED) is 0.333. The lowest BCUT2D eigenvalue weighted by Crippen LogP contribution is -2.17. The Morgan fingerprint density at radius 2 is 1.91 bits per heavy atom. The number of nitrogens with zero attached hydrogens (tertiary/aromatic N) is 2. The van der Waals surface area contributed by atoms with Crippen molar-refractivity contribution in [3.63, 3.8) is 0 Å². The lowest BCUT2D eigenvalue weighted by molar-refractivity contribution is -0.114. The average molecular weight is 492 g/mol. The Morgan fingerprint density at radius 1 is 1.17 bits per heavy atom. The fourth-order valence-corrected chi connectivity index (χ4v) is 6.16. The highest BCUT2D eigenvalue weighted by atomic mass is 32.1. The summed E-state index contributed by atoms with van der Waals surface area (Å²) in [5.74, 6) is 0.569. The van der Waals surface area contributed by atoms with Crippen LogP contribution in [0.3, 0.4) is 0 Å². The summed E-state index contributed by atoms with van der Waals surface area (Å²) in [6, 6.07) is 8.03. The van der Waals surface area contributed by atoms with Crippen LogP contribution in [0.5, 0.6) is 0 Å². The minimum atomic E-state index is -0.455. The lowest BCUT2D eigenvalue weighted by Gasteiger charge is -2.13. The number of ether oxygens (including phenoxy) is 1. The zero-order chi connectivity index (χ0) is 24.7. The summed E-state index contributed by atoms with van der Waals surface area (Å²) in [6.45, 7) is 7.76. The van der Waals surface area contributed by atoms with Crippen LogP contribution in [0.2, 0.25) is 0 Å². The van der Waals surface area contributed by atoms with Gasteiger partial charge in [0, 0.05) is 22.8 Å². The molecule has 0 saturated carbocycles. The molecular weight excluding hydrogens is 462 g/mol. The van der Waals surface area contributed by atoms with Gasteiger partial charge in [0.05, 0.1) is 18.8 Å². The van der Waals surface area contributed by atoms with Crippen molar-refractivity contribution in [1.29, 1.82) is 0 Å². The summed E-state index contributed by atoms with van der Waals surface area (Å²) in [4.78, 5) is 32.5. The third kappa shape index (κ3) is 4.27. The van der Waals surface area contributed by atoms with Gasteiger partial charge in [0.15, 0.2) is 5.69 Å². The molecule has 0 fully saturated rings. The van der Waals surface area contributed by atoms with E-state index < -0.39 is 5.97 Å². The van der Waals surface area contributed by atoms with Gasteiger partial charge < -0.3 is 19.0 Å². The molecule has 3 aromatic heterocycles. The van der Waals surface area contributed by atoms with E-state index in [2.05, 4.69) is 5.32 Å². The number of aryl methyl sites for hydroxylation is 4. The van der Waals surface area contributed by atoms with E-state index in [0.29, 0.717) is 29.6 Å². The van der Waals surface area contributed by atoms with Crippen LogP contribution < -0.4 is 5.32 Å². The number of fused-ring (bicyclic) bond motifs is 3. The number of esters is 1. The van der Waals surface area contributed by atoms with Crippen molar-refractivity contribution in [2.75, 3.05) is 11.9 Å². The first-order valence-corrected chi connectivity index (χ1v) is 12.8. The van der Waals surface area contributed by atoms with E-state index in [1.54, 1.807) is 18.3 Å². The van der Waals surface area contributed by atoms with E-state index in [9.17, 15) is 9.59 Å². The van der Waals surface area contributed by atoms with Crippen molar-refractivity contribution < 1.29 is 18.7 Å². The maximum absolute atomic E-state index is 13.2. The lowest BCUT2D eigenvalue weighted by atomic mass is 9.96. The van der Waals surface area contributed by atoms with E-state index in [0.717, 1.165) is 47.2 Å². The van der Waals surface area contributed by atoms with Crippen LogP contribution in [0.25, 0.3) is 21.7 Å². The second-order valence-electron chi connectivity index (χ2n) is 8.99. The van der Waals surface area contributed by atoms with Crippen LogP contribution in [0.4, 0.5) is 5.69 Å². The van der Waals surface area contributed by atoms with E-state index in [1.165, 1.54) is 22.9 Å². The highest BCUT2D eigenvalue weighted by Gasteiger charge is 2.31. The first-order valence-electron chi connectivity index (χ1n) is 12.0. The molecule has 0 atom stereocenters. The minimum absolute atomic E-state index is 0.218. The number of carbonyl (C=O) groups is 2. The van der Waals surface area contributed by atoms with Gasteiger partial charge in [-0.25, -0.2) is 9.78 Å². The van der Waals surface area contributed by atoms with Gasteiger partial charge in [0.2, 0.25) is 11.8 Å². The monoisotopic (exact) mass is 491 g/mol. The predicted octanol–water partition coefficient (Wildman–Crippen LogP) is 6.04. The molecule has 5 rings (SSSR count). The molecule has 1 aliphatic carbocycles. The number of benzene rings is 1. The molecule has 7 nitrogen and oxygen atoms in total. The standard InChI is InChI=1S/C27H29N3O4S/c1-5-33-27(32)24-23(28-17(4)31)22-19-8-6-7-9-21(19)35-26(22)30(24)14-20-16(3)34-25(29-20)18-12-10-15(2)11-13-18/h10-13H,5-9,14H2,1-4H3,(H,28,31). The van der Waals surface area contributed by atoms with Crippen molar-refractivity contribution in [2.45, 2.75) is 59.9 Å². The zero-order valence-electron chi connectivity index (χ0n) is 20.5. The molecule has 1 aromatic carbocycles. The molecule has 35 heavy (non-hydrogen) atoms. The number of thiophene rings is 1. The molecule has 0 radical (unpaired) electrons. The maximum atomic E-state index is 13.2. The second-order valence-corrected chi connectivity index (χ2v) is 10.1. The topological polar surface area (TPSA) is 86.4 Å². The Hall–Kier alpha value is -3.39. The van der Waals surface area contributed by atoms with Crippen molar-refractivity contribution in [2.24, 2.45) is 0 Å². The van der Waals surface area contributed by atoms with Gasteiger partial charge in [-0.1, -0.05) is 17.7 Å². The van der Waals surface area contributed by atoms with Crippen LogP contribution in [-0.2, 0) is 28.9 Å². The van der Waals surface area contributed by atoms with Gasteiger partial charge in [0.25, 0.3) is 0 Å². The first kappa shape index (κ1) is 23.4. The third-order valence-electron chi connectivity index (χ3n) is 6.42. The Morgan fingerprint density at radius 3 is 2.63 bits per heavy atom. The Bertz CT molecular complexity index is 1430. The third-order valence-corrected chi connectivity index (χ3v) is 7.74. The molecular formula is C27H29N3O4S. The summed E-state index contributed by atoms with van der Waals surface area (Å²) in [7, 11) is 0. The predicted molar refractivity (Wildman–Crippen MR) is 137 cm³/mol. The van der Waals surface area contributed by atoms with E-state index in [1.807, 2.05) is 42.7 Å². The van der Waals surface area contributed by atoms with Crippen LogP contribution >= 0.6 is 11.3 Å². The van der Waals surface area contributed by atoms with Crippen molar-refractivity contribution in [3.05, 3.63) is 57.4 Å². The SMILES string of the molecule is CCOC(=O)c1c(NC(C)=O)c2c3c(sc2n1Cc1nc(-c2ccc(C)cc2)oc1C)CCCC3. The molecule has 0 aliphatic heterocycles. The van der Waals surface area contributed by atoms with E-state index >= 15 is 0 Å². The largest absolute Gasteiger partial charge is 0.461 e. The molecule has 1 aliphatic rings.